The van der Waals surface area contributed by atoms with Gasteiger partial charge in [-0.2, -0.15) is 0 Å². The summed E-state index contributed by atoms with van der Waals surface area (Å²) in [4.78, 5) is 11.3. The largest absolute Gasteiger partial charge is 0.452 e. The summed E-state index contributed by atoms with van der Waals surface area (Å²) in [6.07, 6.45) is 3.81. The number of carbonyl (C=O) groups excluding carboxylic acids is 1. The monoisotopic (exact) mass is 196 g/mol. The molecule has 1 aliphatic heterocycles. The number of thiophene rings is 1. The lowest BCUT2D eigenvalue weighted by Crippen LogP contribution is -2.20. The van der Waals surface area contributed by atoms with Crippen molar-refractivity contribution in [2.45, 2.75) is 12.7 Å². The summed E-state index contributed by atoms with van der Waals surface area (Å²) in [5, 5.41) is 1.78. The quantitative estimate of drug-likeness (QED) is 0.680. The Morgan fingerprint density at radius 1 is 1.46 bits per heavy atom. The van der Waals surface area contributed by atoms with Crippen LogP contribution in [0.25, 0.3) is 0 Å². The van der Waals surface area contributed by atoms with Gasteiger partial charge >= 0.3 is 0 Å². The van der Waals surface area contributed by atoms with Crippen molar-refractivity contribution in [3.05, 3.63) is 34.4 Å². The second-order valence-electron chi connectivity index (χ2n) is 2.82. The number of ether oxygens (including phenoxy) is 2. The van der Waals surface area contributed by atoms with E-state index in [1.54, 1.807) is 11.4 Å². The highest BCUT2D eigenvalue weighted by atomic mass is 32.1. The van der Waals surface area contributed by atoms with Crippen LogP contribution in [0.3, 0.4) is 0 Å². The van der Waals surface area contributed by atoms with Gasteiger partial charge in [0.1, 0.15) is 12.5 Å². The third-order valence-electron chi connectivity index (χ3n) is 1.84. The van der Waals surface area contributed by atoms with Crippen LogP contribution in [0.2, 0.25) is 0 Å². The fourth-order valence-electron chi connectivity index (χ4n) is 1.11. The molecule has 1 aromatic heterocycles. The van der Waals surface area contributed by atoms with E-state index in [1.807, 2.05) is 6.92 Å². The Kier molecular flexibility index (Phi) is 1.84. The first-order valence-electron chi connectivity index (χ1n) is 3.79. The summed E-state index contributed by atoms with van der Waals surface area (Å²) >= 11 is 1.45. The van der Waals surface area contributed by atoms with Crippen LogP contribution >= 0.6 is 11.3 Å². The third-order valence-corrected chi connectivity index (χ3v) is 2.98. The lowest BCUT2D eigenvalue weighted by molar-refractivity contribution is -0.130. The molecule has 13 heavy (non-hydrogen) atoms. The zero-order valence-electron chi connectivity index (χ0n) is 7.02. The van der Waals surface area contributed by atoms with Crippen molar-refractivity contribution >= 4 is 17.6 Å². The maximum atomic E-state index is 10.4. The zero-order valence-corrected chi connectivity index (χ0v) is 7.84. The Morgan fingerprint density at radius 3 is 2.69 bits per heavy atom. The minimum atomic E-state index is -0.744. The van der Waals surface area contributed by atoms with Crippen molar-refractivity contribution in [3.63, 3.8) is 0 Å². The van der Waals surface area contributed by atoms with Crippen LogP contribution in [0.1, 0.15) is 22.2 Å². The molecule has 2 rings (SSSR count). The summed E-state index contributed by atoms with van der Waals surface area (Å²) in [7, 11) is 0. The Bertz CT molecular complexity index is 345. The van der Waals surface area contributed by atoms with E-state index in [4.69, 9.17) is 9.47 Å². The molecule has 1 aliphatic rings. The molecule has 0 aromatic carbocycles. The molecular formula is C9H8O3S. The number of carbonyl (C=O) groups is 1. The second kappa shape index (κ2) is 2.88. The molecule has 0 atom stereocenters. The van der Waals surface area contributed by atoms with Gasteiger partial charge in [-0.25, -0.2) is 0 Å². The first-order chi connectivity index (χ1) is 6.24. The minimum Gasteiger partial charge on any atom is -0.452 e. The van der Waals surface area contributed by atoms with Crippen LogP contribution < -0.4 is 0 Å². The smallest absolute Gasteiger partial charge is 0.283 e. The van der Waals surface area contributed by atoms with Crippen LogP contribution in [-0.4, -0.2) is 6.29 Å². The van der Waals surface area contributed by atoms with Crippen molar-refractivity contribution in [3.8, 4) is 0 Å². The predicted octanol–water partition coefficient (Wildman–Crippen LogP) is 2.25. The van der Waals surface area contributed by atoms with Crippen molar-refractivity contribution in [1.82, 2.24) is 0 Å². The molecule has 3 nitrogen and oxygen atoms in total. The maximum absolute atomic E-state index is 10.4. The van der Waals surface area contributed by atoms with E-state index in [2.05, 4.69) is 0 Å². The van der Waals surface area contributed by atoms with Crippen LogP contribution in [0.5, 0.6) is 0 Å². The molecule has 0 saturated heterocycles. The van der Waals surface area contributed by atoms with E-state index >= 15 is 0 Å². The normalized spacial score (nSPS) is 17.9. The van der Waals surface area contributed by atoms with Gasteiger partial charge in [-0.05, 0) is 6.07 Å². The van der Waals surface area contributed by atoms with E-state index in [-0.39, 0.29) is 0 Å². The molecule has 0 unspecified atom stereocenters. The molecule has 68 valence electrons. The number of hydrogen-bond donors (Lipinski definition) is 0. The van der Waals surface area contributed by atoms with Crippen molar-refractivity contribution < 1.29 is 14.3 Å². The van der Waals surface area contributed by atoms with Gasteiger partial charge in [0.25, 0.3) is 5.79 Å². The zero-order chi connectivity index (χ0) is 9.31. The fraction of sp³-hybridized carbons (Fsp3) is 0.222. The van der Waals surface area contributed by atoms with Crippen LogP contribution in [0, 0.1) is 0 Å². The van der Waals surface area contributed by atoms with Gasteiger partial charge in [0.15, 0.2) is 6.29 Å². The Balaban J connectivity index is 2.29. The fourth-order valence-corrected chi connectivity index (χ4v) is 2.01. The highest BCUT2D eigenvalue weighted by Gasteiger charge is 2.33. The highest BCUT2D eigenvalue weighted by Crippen LogP contribution is 2.35. The molecule has 0 amide bonds. The van der Waals surface area contributed by atoms with Crippen molar-refractivity contribution in [2.75, 3.05) is 0 Å². The van der Waals surface area contributed by atoms with Crippen molar-refractivity contribution in [1.29, 1.82) is 0 Å². The van der Waals surface area contributed by atoms with E-state index < -0.39 is 5.79 Å². The molecule has 0 N–H and O–H groups in total. The Labute approximate surface area is 79.6 Å². The summed E-state index contributed by atoms with van der Waals surface area (Å²) in [6.45, 7) is 1.81. The number of hydrogen-bond acceptors (Lipinski definition) is 4. The average molecular weight is 196 g/mol. The Morgan fingerprint density at radius 2 is 2.15 bits per heavy atom. The molecule has 0 fully saturated rings. The molecule has 4 heteroatoms. The number of rotatable bonds is 2. The van der Waals surface area contributed by atoms with Gasteiger partial charge < -0.3 is 9.47 Å². The lowest BCUT2D eigenvalue weighted by Gasteiger charge is -2.20. The van der Waals surface area contributed by atoms with Gasteiger partial charge in [0.05, 0.1) is 4.88 Å². The lowest BCUT2D eigenvalue weighted by atomic mass is 10.2. The summed E-state index contributed by atoms with van der Waals surface area (Å²) in [6, 6.07) is 1.77. The van der Waals surface area contributed by atoms with E-state index in [1.165, 1.54) is 23.9 Å². The SMILES string of the molecule is CC1(c2cc(C=O)cs2)OC=CO1. The molecule has 0 spiro atoms. The molecule has 0 saturated carbocycles. The molecule has 1 aromatic rings. The van der Waals surface area contributed by atoms with Gasteiger partial charge in [-0.1, -0.05) is 0 Å². The standard InChI is InChI=1S/C9H8O3S/c1-9(11-2-3-12-9)8-4-7(5-10)6-13-8/h2-6H,1H3. The number of aldehydes is 1. The van der Waals surface area contributed by atoms with Crippen LogP contribution in [0.15, 0.2) is 24.0 Å². The van der Waals surface area contributed by atoms with Crippen molar-refractivity contribution in [2.24, 2.45) is 0 Å². The van der Waals surface area contributed by atoms with Crippen LogP contribution in [-0.2, 0) is 15.3 Å². The first kappa shape index (κ1) is 8.31. The van der Waals surface area contributed by atoms with Gasteiger partial charge in [-0.3, -0.25) is 4.79 Å². The minimum absolute atomic E-state index is 0.653. The summed E-state index contributed by atoms with van der Waals surface area (Å²) in [5.74, 6) is -0.744. The third kappa shape index (κ3) is 1.33. The van der Waals surface area contributed by atoms with E-state index in [0.29, 0.717) is 5.56 Å². The second-order valence-corrected chi connectivity index (χ2v) is 3.73. The maximum Gasteiger partial charge on any atom is 0.283 e. The summed E-state index contributed by atoms with van der Waals surface area (Å²) < 4.78 is 10.6. The molecule has 0 aliphatic carbocycles. The van der Waals surface area contributed by atoms with Gasteiger partial charge in [-0.15, -0.1) is 11.3 Å². The van der Waals surface area contributed by atoms with E-state index in [0.717, 1.165) is 11.2 Å². The molecule has 0 radical (unpaired) electrons. The average Bonchev–Trinajstić information content (AvgIpc) is 2.72. The highest BCUT2D eigenvalue weighted by molar-refractivity contribution is 7.10. The van der Waals surface area contributed by atoms with E-state index in [9.17, 15) is 4.79 Å². The summed E-state index contributed by atoms with van der Waals surface area (Å²) in [5.41, 5.74) is 0.653. The van der Waals surface area contributed by atoms with Gasteiger partial charge in [0, 0.05) is 17.9 Å². The van der Waals surface area contributed by atoms with Crippen LogP contribution in [0.4, 0.5) is 0 Å². The molecular weight excluding hydrogens is 188 g/mol. The Hall–Kier alpha value is -1.29. The first-order valence-corrected chi connectivity index (χ1v) is 4.67. The van der Waals surface area contributed by atoms with Gasteiger partial charge in [0.2, 0.25) is 0 Å². The predicted molar refractivity (Wildman–Crippen MR) is 48.4 cm³/mol. The topological polar surface area (TPSA) is 35.5 Å². The molecule has 0 bridgehead atoms. The molecule has 2 heterocycles.